The van der Waals surface area contributed by atoms with Gasteiger partial charge in [0.2, 0.25) is 0 Å². The van der Waals surface area contributed by atoms with Crippen molar-refractivity contribution in [2.24, 2.45) is 0 Å². The lowest BCUT2D eigenvalue weighted by Crippen LogP contribution is -2.47. The molecule has 2 heterocycles. The van der Waals surface area contributed by atoms with Gasteiger partial charge < -0.3 is 15.0 Å². The van der Waals surface area contributed by atoms with Crippen LogP contribution in [0, 0.1) is 0 Å². The highest BCUT2D eigenvalue weighted by Gasteiger charge is 2.29. The molecule has 0 saturated carbocycles. The summed E-state index contributed by atoms with van der Waals surface area (Å²) in [5.74, 6) is 1.96. The molecule has 1 unspecified atom stereocenters. The zero-order chi connectivity index (χ0) is 15.6. The van der Waals surface area contributed by atoms with Crippen LogP contribution in [0.5, 0.6) is 11.5 Å². The number of benzene rings is 2. The van der Waals surface area contributed by atoms with Crippen molar-refractivity contribution >= 4 is 0 Å². The number of hydrogen-bond donors (Lipinski definition) is 1. The summed E-state index contributed by atoms with van der Waals surface area (Å²) >= 11 is 0. The lowest BCUT2D eigenvalue weighted by atomic mass is 9.93. The van der Waals surface area contributed by atoms with Gasteiger partial charge in [0.25, 0.3) is 0 Å². The Labute approximate surface area is 138 Å². The van der Waals surface area contributed by atoms with Crippen LogP contribution in [0.25, 0.3) is 0 Å². The first kappa shape index (κ1) is 14.7. The number of nitrogens with one attached hydrogen (secondary N) is 1. The molecule has 1 atom stereocenters. The van der Waals surface area contributed by atoms with Gasteiger partial charge in [-0.1, -0.05) is 43.3 Å². The highest BCUT2D eigenvalue weighted by Crippen LogP contribution is 2.42. The van der Waals surface area contributed by atoms with Crippen LogP contribution in [0.2, 0.25) is 0 Å². The second-order valence-corrected chi connectivity index (χ2v) is 6.51. The number of hydrogen-bond acceptors (Lipinski definition) is 3. The molecule has 2 aliphatic heterocycles. The van der Waals surface area contributed by atoms with Gasteiger partial charge in [0.1, 0.15) is 11.5 Å². The SMILES string of the molecule is CCN1CCCC(NC2c3ccccc3Oc3ccccc32)C1. The maximum atomic E-state index is 6.09. The summed E-state index contributed by atoms with van der Waals surface area (Å²) in [5, 5.41) is 3.91. The topological polar surface area (TPSA) is 24.5 Å². The summed E-state index contributed by atoms with van der Waals surface area (Å²) < 4.78 is 6.09. The smallest absolute Gasteiger partial charge is 0.132 e. The fourth-order valence-electron chi connectivity index (χ4n) is 3.80. The summed E-state index contributed by atoms with van der Waals surface area (Å²) in [7, 11) is 0. The number of likely N-dealkylation sites (tertiary alicyclic amines) is 1. The third kappa shape index (κ3) is 2.87. The standard InChI is InChI=1S/C20H24N2O/c1-2-22-13-7-8-15(14-22)21-20-16-9-3-5-11-18(16)23-19-12-6-4-10-17(19)20/h3-6,9-12,15,20-21H,2,7-8,13-14H2,1H3. The van der Waals surface area contributed by atoms with E-state index < -0.39 is 0 Å². The van der Waals surface area contributed by atoms with Gasteiger partial charge in [-0.05, 0) is 38.1 Å². The molecule has 3 nitrogen and oxygen atoms in total. The van der Waals surface area contributed by atoms with Crippen LogP contribution in [0.1, 0.15) is 36.9 Å². The zero-order valence-electron chi connectivity index (χ0n) is 13.7. The average Bonchev–Trinajstić information content (AvgIpc) is 2.61. The van der Waals surface area contributed by atoms with Gasteiger partial charge in [-0.15, -0.1) is 0 Å². The average molecular weight is 308 g/mol. The second-order valence-electron chi connectivity index (χ2n) is 6.51. The van der Waals surface area contributed by atoms with Gasteiger partial charge in [0, 0.05) is 23.7 Å². The predicted octanol–water partition coefficient (Wildman–Crippen LogP) is 3.96. The van der Waals surface area contributed by atoms with Crippen LogP contribution in [-0.4, -0.2) is 30.6 Å². The fourth-order valence-corrected chi connectivity index (χ4v) is 3.80. The summed E-state index contributed by atoms with van der Waals surface area (Å²) in [5.41, 5.74) is 2.50. The predicted molar refractivity (Wildman–Crippen MR) is 93.1 cm³/mol. The van der Waals surface area contributed by atoms with Crippen LogP contribution >= 0.6 is 0 Å². The lowest BCUT2D eigenvalue weighted by Gasteiger charge is -2.37. The van der Waals surface area contributed by atoms with Gasteiger partial charge in [-0.3, -0.25) is 0 Å². The Morgan fingerprint density at radius 2 is 1.70 bits per heavy atom. The van der Waals surface area contributed by atoms with Crippen molar-refractivity contribution in [2.75, 3.05) is 19.6 Å². The molecule has 1 saturated heterocycles. The van der Waals surface area contributed by atoms with Crippen molar-refractivity contribution in [3.8, 4) is 11.5 Å². The van der Waals surface area contributed by atoms with Crippen molar-refractivity contribution in [3.63, 3.8) is 0 Å². The molecule has 0 bridgehead atoms. The summed E-state index contributed by atoms with van der Waals surface area (Å²) in [6.07, 6.45) is 2.52. The molecule has 0 aliphatic carbocycles. The molecule has 2 aromatic rings. The molecule has 120 valence electrons. The monoisotopic (exact) mass is 308 g/mol. The van der Waals surface area contributed by atoms with Crippen LogP contribution in [-0.2, 0) is 0 Å². The van der Waals surface area contributed by atoms with Gasteiger partial charge in [-0.25, -0.2) is 0 Å². The third-order valence-corrected chi connectivity index (χ3v) is 5.04. The minimum absolute atomic E-state index is 0.220. The molecule has 0 amide bonds. The molecule has 1 N–H and O–H groups in total. The normalized spacial score (nSPS) is 21.3. The van der Waals surface area contributed by atoms with E-state index in [1.165, 1.54) is 30.5 Å². The van der Waals surface area contributed by atoms with E-state index in [9.17, 15) is 0 Å². The number of piperidine rings is 1. The van der Waals surface area contributed by atoms with E-state index in [-0.39, 0.29) is 6.04 Å². The molecule has 23 heavy (non-hydrogen) atoms. The van der Waals surface area contributed by atoms with Gasteiger partial charge in [0.05, 0.1) is 6.04 Å². The summed E-state index contributed by atoms with van der Waals surface area (Å²) in [4.78, 5) is 2.54. The van der Waals surface area contributed by atoms with Crippen molar-refractivity contribution in [2.45, 2.75) is 31.8 Å². The van der Waals surface area contributed by atoms with E-state index in [1.807, 2.05) is 12.1 Å². The largest absolute Gasteiger partial charge is 0.457 e. The second kappa shape index (κ2) is 6.34. The van der Waals surface area contributed by atoms with E-state index in [1.54, 1.807) is 0 Å². The first-order chi connectivity index (χ1) is 11.3. The quantitative estimate of drug-likeness (QED) is 0.929. The van der Waals surface area contributed by atoms with E-state index in [2.05, 4.69) is 53.5 Å². The van der Waals surface area contributed by atoms with Crippen molar-refractivity contribution in [1.82, 2.24) is 10.2 Å². The van der Waals surface area contributed by atoms with Crippen LogP contribution < -0.4 is 10.1 Å². The Bertz CT molecular complexity index is 639. The number of ether oxygens (including phenoxy) is 1. The molecule has 2 aromatic carbocycles. The van der Waals surface area contributed by atoms with Gasteiger partial charge >= 0.3 is 0 Å². The number of para-hydroxylation sites is 2. The molecule has 0 radical (unpaired) electrons. The molecule has 2 aliphatic rings. The Hall–Kier alpha value is -1.84. The van der Waals surface area contributed by atoms with Crippen molar-refractivity contribution < 1.29 is 4.74 Å². The third-order valence-electron chi connectivity index (χ3n) is 5.04. The molecule has 4 rings (SSSR count). The van der Waals surface area contributed by atoms with E-state index >= 15 is 0 Å². The molecule has 3 heteroatoms. The summed E-state index contributed by atoms with van der Waals surface area (Å²) in [6, 6.07) is 17.6. The zero-order valence-corrected chi connectivity index (χ0v) is 13.7. The van der Waals surface area contributed by atoms with Crippen LogP contribution in [0.4, 0.5) is 0 Å². The first-order valence-electron chi connectivity index (χ1n) is 8.69. The maximum absolute atomic E-state index is 6.09. The minimum atomic E-state index is 0.220. The summed E-state index contributed by atoms with van der Waals surface area (Å²) in [6.45, 7) is 5.76. The Kier molecular flexibility index (Phi) is 4.06. The van der Waals surface area contributed by atoms with Gasteiger partial charge in [-0.2, -0.15) is 0 Å². The molecule has 0 spiro atoms. The molecular weight excluding hydrogens is 284 g/mol. The highest BCUT2D eigenvalue weighted by molar-refractivity contribution is 5.52. The fraction of sp³-hybridized carbons (Fsp3) is 0.400. The van der Waals surface area contributed by atoms with Crippen molar-refractivity contribution in [3.05, 3.63) is 59.7 Å². The first-order valence-corrected chi connectivity index (χ1v) is 8.69. The number of fused-ring (bicyclic) bond motifs is 2. The van der Waals surface area contributed by atoms with E-state index in [4.69, 9.17) is 4.74 Å². The number of rotatable bonds is 3. The highest BCUT2D eigenvalue weighted by atomic mass is 16.5. The van der Waals surface area contributed by atoms with Crippen LogP contribution in [0.15, 0.2) is 48.5 Å². The Balaban J connectivity index is 1.65. The Morgan fingerprint density at radius 1 is 1.04 bits per heavy atom. The number of nitrogens with zero attached hydrogens (tertiary/aromatic N) is 1. The molecule has 0 aromatic heterocycles. The number of likely N-dealkylation sites (N-methyl/N-ethyl adjacent to an activating group) is 1. The molecule has 1 fully saturated rings. The molecular formula is C20H24N2O. The van der Waals surface area contributed by atoms with Gasteiger partial charge in [0.15, 0.2) is 0 Å². The minimum Gasteiger partial charge on any atom is -0.457 e. The van der Waals surface area contributed by atoms with Crippen LogP contribution in [0.3, 0.4) is 0 Å². The van der Waals surface area contributed by atoms with E-state index in [0.717, 1.165) is 24.6 Å². The lowest BCUT2D eigenvalue weighted by molar-refractivity contribution is 0.192. The Morgan fingerprint density at radius 3 is 2.35 bits per heavy atom. The van der Waals surface area contributed by atoms with Crippen molar-refractivity contribution in [1.29, 1.82) is 0 Å². The van der Waals surface area contributed by atoms with E-state index in [0.29, 0.717) is 6.04 Å². The maximum Gasteiger partial charge on any atom is 0.132 e.